The van der Waals surface area contributed by atoms with E-state index in [0.717, 1.165) is 0 Å². The van der Waals surface area contributed by atoms with E-state index in [0.29, 0.717) is 11.7 Å². The van der Waals surface area contributed by atoms with E-state index in [1.165, 1.54) is 28.6 Å². The van der Waals surface area contributed by atoms with E-state index in [1.807, 2.05) is 0 Å². The normalized spacial score (nSPS) is 10.2. The zero-order valence-corrected chi connectivity index (χ0v) is 11.3. The summed E-state index contributed by atoms with van der Waals surface area (Å²) in [5.41, 5.74) is 0.156. The number of hydrogen-bond acceptors (Lipinski definition) is 5. The van der Waals surface area contributed by atoms with E-state index in [4.69, 9.17) is 0 Å². The van der Waals surface area contributed by atoms with Gasteiger partial charge >= 0.3 is 0 Å². The minimum absolute atomic E-state index is 0.0891. The van der Waals surface area contributed by atoms with E-state index in [2.05, 4.69) is 27.4 Å². The van der Waals surface area contributed by atoms with E-state index < -0.39 is 5.82 Å². The van der Waals surface area contributed by atoms with Crippen LogP contribution >= 0.6 is 11.8 Å². The van der Waals surface area contributed by atoms with E-state index in [-0.39, 0.29) is 17.3 Å². The topological polar surface area (TPSA) is 72.7 Å². The summed E-state index contributed by atoms with van der Waals surface area (Å²) in [7, 11) is 0. The Bertz CT molecular complexity index is 615. The summed E-state index contributed by atoms with van der Waals surface area (Å²) in [6, 6.07) is 5.99. The van der Waals surface area contributed by atoms with Crippen molar-refractivity contribution < 1.29 is 9.18 Å². The number of nitrogens with one attached hydrogen (secondary N) is 1. The van der Waals surface area contributed by atoms with Gasteiger partial charge in [0.2, 0.25) is 11.1 Å². The molecule has 104 valence electrons. The molecule has 0 fully saturated rings. The molecule has 20 heavy (non-hydrogen) atoms. The summed E-state index contributed by atoms with van der Waals surface area (Å²) in [4.78, 5) is 11.7. The number of carbonyl (C=O) groups excluding carboxylic acids is 1. The highest BCUT2D eigenvalue weighted by molar-refractivity contribution is 7.99. The third kappa shape index (κ3) is 3.64. The zero-order valence-electron chi connectivity index (χ0n) is 10.5. The molecule has 1 heterocycles. The molecule has 0 radical (unpaired) electrons. The second-order valence-corrected chi connectivity index (χ2v) is 4.69. The largest absolute Gasteiger partial charge is 0.323 e. The van der Waals surface area contributed by atoms with Gasteiger partial charge in [-0.25, -0.2) is 9.07 Å². The molecule has 0 aliphatic heterocycles. The maximum atomic E-state index is 13.4. The number of nitrogens with zero attached hydrogens (tertiary/aromatic N) is 4. The van der Waals surface area contributed by atoms with E-state index in [9.17, 15) is 9.18 Å². The first kappa shape index (κ1) is 14.2. The third-order valence-corrected chi connectivity index (χ3v) is 3.24. The van der Waals surface area contributed by atoms with Gasteiger partial charge in [0.25, 0.3) is 0 Å². The Morgan fingerprint density at radius 2 is 2.30 bits per heavy atom. The van der Waals surface area contributed by atoms with Crippen LogP contribution in [0.1, 0.15) is 0 Å². The van der Waals surface area contributed by atoms with Crippen LogP contribution in [0.4, 0.5) is 10.1 Å². The molecule has 0 saturated heterocycles. The molecule has 0 aliphatic rings. The molecule has 8 heteroatoms. The Morgan fingerprint density at radius 3 is 3.05 bits per heavy atom. The van der Waals surface area contributed by atoms with E-state index >= 15 is 0 Å². The van der Waals surface area contributed by atoms with E-state index in [1.54, 1.807) is 18.2 Å². The summed E-state index contributed by atoms with van der Waals surface area (Å²) < 4.78 is 14.9. The van der Waals surface area contributed by atoms with Crippen molar-refractivity contribution in [2.24, 2.45) is 0 Å². The predicted octanol–water partition coefficient (Wildman–Crippen LogP) is 1.73. The lowest BCUT2D eigenvalue weighted by molar-refractivity contribution is -0.113. The number of allylic oxidation sites excluding steroid dienone is 1. The Morgan fingerprint density at radius 1 is 1.50 bits per heavy atom. The van der Waals surface area contributed by atoms with Crippen LogP contribution in [0.3, 0.4) is 0 Å². The number of amides is 1. The third-order valence-electron chi connectivity index (χ3n) is 2.28. The molecular weight excluding hydrogens is 281 g/mol. The van der Waals surface area contributed by atoms with Gasteiger partial charge in [0, 0.05) is 0 Å². The fraction of sp³-hybridized carbons (Fsp3) is 0.167. The molecule has 0 unspecified atom stereocenters. The van der Waals surface area contributed by atoms with Crippen molar-refractivity contribution in [3.63, 3.8) is 0 Å². The summed E-state index contributed by atoms with van der Waals surface area (Å²) in [5.74, 6) is -0.707. The van der Waals surface area contributed by atoms with Crippen LogP contribution in [0.25, 0.3) is 0 Å². The summed E-state index contributed by atoms with van der Waals surface area (Å²) in [5, 5.41) is 14.1. The number of thioether (sulfide) groups is 1. The van der Waals surface area contributed by atoms with Gasteiger partial charge in [-0.2, -0.15) is 0 Å². The lowest BCUT2D eigenvalue weighted by Crippen LogP contribution is -2.15. The van der Waals surface area contributed by atoms with Crippen molar-refractivity contribution in [1.29, 1.82) is 0 Å². The van der Waals surface area contributed by atoms with Gasteiger partial charge in [0.15, 0.2) is 0 Å². The van der Waals surface area contributed by atoms with Crippen molar-refractivity contribution in [3.05, 3.63) is 42.7 Å². The van der Waals surface area contributed by atoms with Crippen LogP contribution in [-0.4, -0.2) is 31.9 Å². The van der Waals surface area contributed by atoms with Crippen molar-refractivity contribution >= 4 is 23.4 Å². The lowest BCUT2D eigenvalue weighted by Gasteiger charge is -2.05. The van der Waals surface area contributed by atoms with Crippen LogP contribution in [0, 0.1) is 5.82 Å². The second-order valence-electron chi connectivity index (χ2n) is 3.75. The lowest BCUT2D eigenvalue weighted by atomic mass is 10.3. The van der Waals surface area contributed by atoms with Crippen LogP contribution in [0.15, 0.2) is 42.1 Å². The van der Waals surface area contributed by atoms with Gasteiger partial charge < -0.3 is 5.32 Å². The van der Waals surface area contributed by atoms with Crippen molar-refractivity contribution in [3.8, 4) is 0 Å². The number of benzene rings is 1. The molecular formula is C12H12FN5OS. The van der Waals surface area contributed by atoms with Crippen LogP contribution in [0.5, 0.6) is 0 Å². The number of para-hydroxylation sites is 1. The van der Waals surface area contributed by atoms with Gasteiger partial charge in [0.05, 0.1) is 18.0 Å². The van der Waals surface area contributed by atoms with Crippen LogP contribution in [0.2, 0.25) is 0 Å². The number of tetrazole rings is 1. The molecule has 1 amide bonds. The average molecular weight is 293 g/mol. The predicted molar refractivity (Wildman–Crippen MR) is 73.8 cm³/mol. The average Bonchev–Trinajstić information content (AvgIpc) is 2.87. The molecule has 2 rings (SSSR count). The Kier molecular flexibility index (Phi) is 4.83. The number of carbonyl (C=O) groups is 1. The Labute approximate surface area is 119 Å². The standard InChI is InChI=1S/C12H12FN5OS/c1-2-7-18-12(15-16-17-18)20-8-11(19)14-10-6-4-3-5-9(10)13/h2-6H,1,7-8H2,(H,14,19). The highest BCUT2D eigenvalue weighted by Crippen LogP contribution is 2.16. The molecule has 6 nitrogen and oxygen atoms in total. The SMILES string of the molecule is C=CCn1nnnc1SCC(=O)Nc1ccccc1F. The van der Waals surface area contributed by atoms with Crippen molar-refractivity contribution in [2.75, 3.05) is 11.1 Å². The van der Waals surface area contributed by atoms with Gasteiger partial charge in [-0.1, -0.05) is 30.0 Å². The molecule has 2 aromatic rings. The molecule has 1 N–H and O–H groups in total. The number of anilines is 1. The monoisotopic (exact) mass is 293 g/mol. The highest BCUT2D eigenvalue weighted by atomic mass is 32.2. The molecule has 0 saturated carbocycles. The summed E-state index contributed by atoms with van der Waals surface area (Å²) >= 11 is 1.17. The second kappa shape index (κ2) is 6.80. The Hall–Kier alpha value is -2.22. The van der Waals surface area contributed by atoms with Gasteiger partial charge in [-0.05, 0) is 22.6 Å². The first-order chi connectivity index (χ1) is 9.70. The molecule has 0 bridgehead atoms. The number of halogens is 1. The Balaban J connectivity index is 1.91. The highest BCUT2D eigenvalue weighted by Gasteiger charge is 2.10. The number of aromatic nitrogens is 4. The van der Waals surface area contributed by atoms with Gasteiger partial charge in [0.1, 0.15) is 5.82 Å². The summed E-state index contributed by atoms with van der Waals surface area (Å²) in [6.45, 7) is 4.05. The molecule has 1 aromatic heterocycles. The maximum absolute atomic E-state index is 13.4. The smallest absolute Gasteiger partial charge is 0.234 e. The minimum Gasteiger partial charge on any atom is -0.323 e. The molecule has 0 aliphatic carbocycles. The first-order valence-corrected chi connectivity index (χ1v) is 6.73. The summed E-state index contributed by atoms with van der Waals surface area (Å²) in [6.07, 6.45) is 1.65. The fourth-order valence-electron chi connectivity index (χ4n) is 1.42. The molecule has 0 atom stereocenters. The number of hydrogen-bond donors (Lipinski definition) is 1. The van der Waals surface area contributed by atoms with Crippen molar-refractivity contribution in [1.82, 2.24) is 20.2 Å². The van der Waals surface area contributed by atoms with Crippen LogP contribution < -0.4 is 5.32 Å². The quantitative estimate of drug-likeness (QED) is 0.648. The fourth-order valence-corrected chi connectivity index (χ4v) is 2.10. The minimum atomic E-state index is -0.470. The number of rotatable bonds is 6. The molecule has 0 spiro atoms. The van der Waals surface area contributed by atoms with Gasteiger partial charge in [-0.3, -0.25) is 4.79 Å². The van der Waals surface area contributed by atoms with Crippen LogP contribution in [-0.2, 0) is 11.3 Å². The first-order valence-electron chi connectivity index (χ1n) is 5.75. The zero-order chi connectivity index (χ0) is 14.4. The van der Waals surface area contributed by atoms with Gasteiger partial charge in [-0.15, -0.1) is 11.7 Å². The maximum Gasteiger partial charge on any atom is 0.234 e. The van der Waals surface area contributed by atoms with Crippen molar-refractivity contribution in [2.45, 2.75) is 11.7 Å². The molecule has 1 aromatic carbocycles.